The molecule has 0 unspecified atom stereocenters. The number of phenols is 2. The fourth-order valence-corrected chi connectivity index (χ4v) is 8.15. The van der Waals surface area contributed by atoms with Crippen LogP contribution in [0.4, 0.5) is 5.69 Å². The van der Waals surface area contributed by atoms with Crippen molar-refractivity contribution in [3.63, 3.8) is 0 Å². The number of carbonyl (C=O) groups is 2. The SMILES string of the molecule is CSC[C@@H](C)N(CCNCCc1ccc(O)c2c1OCC(=O)N2)C(=O)CCOCCc1ccc(O)c(C2(c3ccccc3)CCN(C(C)C)CC2)c1. The molecule has 52 heavy (non-hydrogen) atoms. The molecule has 3 aromatic rings. The molecule has 1 atom stereocenters. The summed E-state index contributed by atoms with van der Waals surface area (Å²) in [4.78, 5) is 29.5. The van der Waals surface area contributed by atoms with Gasteiger partial charge in [-0.2, -0.15) is 11.8 Å². The number of likely N-dealkylation sites (tertiary alicyclic amines) is 1. The second-order valence-electron chi connectivity index (χ2n) is 14.2. The number of rotatable bonds is 18. The van der Waals surface area contributed by atoms with E-state index in [4.69, 9.17) is 9.47 Å². The molecule has 2 amide bonds. The van der Waals surface area contributed by atoms with Crippen LogP contribution in [-0.4, -0.2) is 108 Å². The Labute approximate surface area is 313 Å². The number of ether oxygens (including phenoxy) is 2. The van der Waals surface area contributed by atoms with Gasteiger partial charge in [0.15, 0.2) is 12.4 Å². The van der Waals surface area contributed by atoms with Crippen LogP contribution < -0.4 is 15.4 Å². The maximum absolute atomic E-state index is 13.4. The van der Waals surface area contributed by atoms with Gasteiger partial charge >= 0.3 is 0 Å². The van der Waals surface area contributed by atoms with Gasteiger partial charge in [0.25, 0.3) is 5.91 Å². The van der Waals surface area contributed by atoms with Crippen LogP contribution in [0.5, 0.6) is 17.2 Å². The molecule has 0 bridgehead atoms. The number of aromatic hydroxyl groups is 2. The first-order valence-electron chi connectivity index (χ1n) is 18.6. The third-order valence-corrected chi connectivity index (χ3v) is 11.3. The number of benzene rings is 3. The molecule has 0 aromatic heterocycles. The molecule has 1 saturated heterocycles. The fraction of sp³-hybridized carbons (Fsp3) is 0.512. The number of hydrogen-bond donors (Lipinski definition) is 4. The van der Waals surface area contributed by atoms with Gasteiger partial charge in [0, 0.05) is 41.9 Å². The van der Waals surface area contributed by atoms with Crippen molar-refractivity contribution < 1.29 is 29.3 Å². The molecular formula is C41H56N4O6S. The number of nitrogens with zero attached hydrogens (tertiary/aromatic N) is 2. The lowest BCUT2D eigenvalue weighted by molar-refractivity contribution is -0.133. The molecule has 0 saturated carbocycles. The molecule has 0 radical (unpaired) electrons. The highest BCUT2D eigenvalue weighted by molar-refractivity contribution is 7.98. The van der Waals surface area contributed by atoms with Crippen molar-refractivity contribution in [3.8, 4) is 17.2 Å². The Bertz CT molecular complexity index is 1630. The van der Waals surface area contributed by atoms with Crippen LogP contribution in [0.25, 0.3) is 0 Å². The molecule has 2 aliphatic heterocycles. The Morgan fingerprint density at radius 1 is 1.02 bits per heavy atom. The molecule has 4 N–H and O–H groups in total. The van der Waals surface area contributed by atoms with E-state index >= 15 is 0 Å². The number of carbonyl (C=O) groups excluding carboxylic acids is 2. The molecule has 2 aliphatic rings. The van der Waals surface area contributed by atoms with Crippen LogP contribution in [-0.2, 0) is 32.6 Å². The number of fused-ring (bicyclic) bond motifs is 1. The lowest BCUT2D eigenvalue weighted by Crippen LogP contribution is -2.45. The molecule has 2 heterocycles. The monoisotopic (exact) mass is 732 g/mol. The van der Waals surface area contributed by atoms with Gasteiger partial charge in [-0.25, -0.2) is 0 Å². The molecule has 0 aliphatic carbocycles. The fourth-order valence-electron chi connectivity index (χ4n) is 7.49. The van der Waals surface area contributed by atoms with Crippen molar-refractivity contribution in [2.24, 2.45) is 0 Å². The first kappa shape index (κ1) is 39.4. The van der Waals surface area contributed by atoms with Crippen molar-refractivity contribution in [1.29, 1.82) is 0 Å². The van der Waals surface area contributed by atoms with E-state index in [1.165, 1.54) is 5.56 Å². The quantitative estimate of drug-likeness (QED) is 0.0981. The number of piperidine rings is 1. The molecule has 0 spiro atoms. The van der Waals surface area contributed by atoms with Crippen LogP contribution in [0.15, 0.2) is 60.7 Å². The predicted octanol–water partition coefficient (Wildman–Crippen LogP) is 5.58. The topological polar surface area (TPSA) is 124 Å². The predicted molar refractivity (Wildman–Crippen MR) is 209 cm³/mol. The third kappa shape index (κ3) is 9.80. The van der Waals surface area contributed by atoms with E-state index in [0.29, 0.717) is 75.3 Å². The van der Waals surface area contributed by atoms with Gasteiger partial charge in [-0.1, -0.05) is 48.5 Å². The lowest BCUT2D eigenvalue weighted by atomic mass is 9.67. The van der Waals surface area contributed by atoms with Gasteiger partial charge in [-0.05, 0) is 101 Å². The van der Waals surface area contributed by atoms with Gasteiger partial charge in [0.1, 0.15) is 17.2 Å². The second kappa shape index (κ2) is 18.8. The number of amides is 2. The summed E-state index contributed by atoms with van der Waals surface area (Å²) in [6, 6.07) is 20.5. The summed E-state index contributed by atoms with van der Waals surface area (Å²) in [5.41, 5.74) is 4.33. The zero-order valence-corrected chi connectivity index (χ0v) is 32.0. The maximum Gasteiger partial charge on any atom is 0.262 e. The van der Waals surface area contributed by atoms with Crippen molar-refractivity contribution in [2.75, 3.05) is 69.9 Å². The Hall–Kier alpha value is -3.77. The van der Waals surface area contributed by atoms with E-state index in [2.05, 4.69) is 66.6 Å². The van der Waals surface area contributed by atoms with Crippen LogP contribution >= 0.6 is 11.8 Å². The standard InChI is InChI=1S/C41H56N4O6S/c1-29(2)44-21-17-41(18-22-44,33-8-6-5-7-9-33)34-26-31(10-12-35(34)46)15-24-50-25-16-38(49)45(30(3)28-52-4)23-20-42-19-14-32-11-13-36(47)39-40(32)51-27-37(48)43-39/h5-13,26,29-30,42,46-47H,14-25,27-28H2,1-4H3,(H,43,48)/t30-/m1/s1. The highest BCUT2D eigenvalue weighted by atomic mass is 32.2. The van der Waals surface area contributed by atoms with Crippen molar-refractivity contribution in [3.05, 3.63) is 82.9 Å². The van der Waals surface area contributed by atoms with Crippen molar-refractivity contribution in [1.82, 2.24) is 15.1 Å². The van der Waals surface area contributed by atoms with Gasteiger partial charge in [-0.15, -0.1) is 0 Å². The summed E-state index contributed by atoms with van der Waals surface area (Å²) in [6.45, 7) is 11.2. The van der Waals surface area contributed by atoms with Gasteiger partial charge in [-0.3, -0.25) is 9.59 Å². The smallest absolute Gasteiger partial charge is 0.262 e. The summed E-state index contributed by atoms with van der Waals surface area (Å²) in [5.74, 6) is 1.47. The van der Waals surface area contributed by atoms with Crippen molar-refractivity contribution in [2.45, 2.75) is 70.4 Å². The van der Waals surface area contributed by atoms with E-state index in [-0.39, 0.29) is 35.6 Å². The second-order valence-corrected chi connectivity index (χ2v) is 15.1. The highest BCUT2D eigenvalue weighted by Crippen LogP contribution is 2.46. The number of nitrogens with one attached hydrogen (secondary N) is 2. The minimum absolute atomic E-state index is 0.0139. The molecule has 282 valence electrons. The minimum Gasteiger partial charge on any atom is -0.508 e. The summed E-state index contributed by atoms with van der Waals surface area (Å²) < 4.78 is 11.6. The Morgan fingerprint density at radius 3 is 2.50 bits per heavy atom. The average molecular weight is 733 g/mol. The Kier molecular flexibility index (Phi) is 14.3. The average Bonchev–Trinajstić information content (AvgIpc) is 3.14. The summed E-state index contributed by atoms with van der Waals surface area (Å²) in [6.07, 6.45) is 5.60. The number of anilines is 1. The molecule has 11 heteroatoms. The highest BCUT2D eigenvalue weighted by Gasteiger charge is 2.40. The number of phenolic OH excluding ortho intramolecular Hbond substituents is 2. The molecule has 1 fully saturated rings. The summed E-state index contributed by atoms with van der Waals surface area (Å²) in [7, 11) is 0. The van der Waals surface area contributed by atoms with E-state index in [1.807, 2.05) is 35.4 Å². The van der Waals surface area contributed by atoms with Crippen LogP contribution in [0.1, 0.15) is 62.3 Å². The number of thioether (sulfide) groups is 1. The zero-order valence-electron chi connectivity index (χ0n) is 31.2. The maximum atomic E-state index is 13.4. The normalized spacial score (nSPS) is 16.2. The first-order chi connectivity index (χ1) is 25.1. The number of hydrogen-bond acceptors (Lipinski definition) is 9. The molecule has 5 rings (SSSR count). The van der Waals surface area contributed by atoms with Crippen LogP contribution in [0, 0.1) is 0 Å². The van der Waals surface area contributed by atoms with E-state index in [9.17, 15) is 19.8 Å². The van der Waals surface area contributed by atoms with Crippen LogP contribution in [0.3, 0.4) is 0 Å². The molecule has 3 aromatic carbocycles. The van der Waals surface area contributed by atoms with Gasteiger partial charge < -0.3 is 40.1 Å². The summed E-state index contributed by atoms with van der Waals surface area (Å²) >= 11 is 1.72. The van der Waals surface area contributed by atoms with Gasteiger partial charge in [0.2, 0.25) is 5.91 Å². The molecule has 10 nitrogen and oxygen atoms in total. The minimum atomic E-state index is -0.288. The summed E-state index contributed by atoms with van der Waals surface area (Å²) in [5, 5.41) is 27.4. The third-order valence-electron chi connectivity index (χ3n) is 10.5. The van der Waals surface area contributed by atoms with E-state index < -0.39 is 0 Å². The van der Waals surface area contributed by atoms with Crippen molar-refractivity contribution >= 4 is 29.3 Å². The van der Waals surface area contributed by atoms with Gasteiger partial charge in [0.05, 0.1) is 19.6 Å². The zero-order chi connectivity index (χ0) is 37.1. The largest absolute Gasteiger partial charge is 0.508 e. The molecular weight excluding hydrogens is 677 g/mol. The van der Waals surface area contributed by atoms with Crippen LogP contribution in [0.2, 0.25) is 0 Å². The van der Waals surface area contributed by atoms with E-state index in [1.54, 1.807) is 17.8 Å². The lowest BCUT2D eigenvalue weighted by Gasteiger charge is -2.44. The van der Waals surface area contributed by atoms with E-state index in [0.717, 1.165) is 48.4 Å². The first-order valence-corrected chi connectivity index (χ1v) is 20.0. The Morgan fingerprint density at radius 2 is 1.77 bits per heavy atom. The Balaban J connectivity index is 1.11.